The largest absolute Gasteiger partial charge is 0.389 e. The number of β-amino-alcohol motifs (C(OH)–C–C–N with tert-alkyl or cyclic N) is 2. The van der Waals surface area contributed by atoms with Crippen molar-refractivity contribution in [1.29, 1.82) is 0 Å². The number of nitrogens with one attached hydrogen (secondary N) is 1. The Morgan fingerprint density at radius 2 is 2.06 bits per heavy atom. The Balaban J connectivity index is 2.33. The van der Waals surface area contributed by atoms with Gasteiger partial charge in [0.15, 0.2) is 0 Å². The number of ether oxygens (including phenoxy) is 1. The summed E-state index contributed by atoms with van der Waals surface area (Å²) in [7, 11) is 1.57. The van der Waals surface area contributed by atoms with Crippen molar-refractivity contribution in [2.24, 2.45) is 0 Å². The van der Waals surface area contributed by atoms with Gasteiger partial charge < -0.3 is 20.3 Å². The highest BCUT2D eigenvalue weighted by molar-refractivity contribution is 5.81. The number of carbonyl (C=O) groups excluding carboxylic acids is 1. The molecule has 6 heteroatoms. The van der Waals surface area contributed by atoms with Crippen LogP contribution in [0.2, 0.25) is 0 Å². The molecule has 1 rings (SSSR count). The first-order valence-electron chi connectivity index (χ1n) is 5.43. The van der Waals surface area contributed by atoms with Crippen molar-refractivity contribution in [2.75, 3.05) is 33.4 Å². The highest BCUT2D eigenvalue weighted by Gasteiger charge is 2.34. The predicted molar refractivity (Wildman–Crippen MR) is 57.9 cm³/mol. The summed E-state index contributed by atoms with van der Waals surface area (Å²) in [4.78, 5) is 13.4. The van der Waals surface area contributed by atoms with Gasteiger partial charge >= 0.3 is 0 Å². The molecule has 0 aliphatic carbocycles. The Hall–Kier alpha value is -0.690. The monoisotopic (exact) mass is 232 g/mol. The van der Waals surface area contributed by atoms with Gasteiger partial charge in [-0.25, -0.2) is 0 Å². The maximum absolute atomic E-state index is 11.6. The summed E-state index contributed by atoms with van der Waals surface area (Å²) in [5.41, 5.74) is 0. The zero-order chi connectivity index (χ0) is 12.1. The molecule has 1 amide bonds. The van der Waals surface area contributed by atoms with Gasteiger partial charge in [-0.1, -0.05) is 0 Å². The molecule has 0 spiro atoms. The van der Waals surface area contributed by atoms with E-state index in [1.165, 1.54) is 0 Å². The van der Waals surface area contributed by atoms with Gasteiger partial charge in [0.1, 0.15) is 0 Å². The van der Waals surface area contributed by atoms with Gasteiger partial charge in [-0.15, -0.1) is 0 Å². The van der Waals surface area contributed by atoms with Crippen LogP contribution >= 0.6 is 0 Å². The van der Waals surface area contributed by atoms with E-state index in [9.17, 15) is 15.0 Å². The van der Waals surface area contributed by atoms with E-state index in [0.29, 0.717) is 26.2 Å². The van der Waals surface area contributed by atoms with E-state index in [1.807, 2.05) is 0 Å². The molecule has 1 aliphatic rings. The molecule has 1 heterocycles. The lowest BCUT2D eigenvalue weighted by Gasteiger charge is -2.22. The summed E-state index contributed by atoms with van der Waals surface area (Å²) >= 11 is 0. The lowest BCUT2D eigenvalue weighted by atomic mass is 10.3. The van der Waals surface area contributed by atoms with Crippen LogP contribution in [0.3, 0.4) is 0 Å². The van der Waals surface area contributed by atoms with Crippen molar-refractivity contribution in [3.63, 3.8) is 0 Å². The first-order chi connectivity index (χ1) is 7.56. The predicted octanol–water partition coefficient (Wildman–Crippen LogP) is -1.83. The third-order valence-corrected chi connectivity index (χ3v) is 2.82. The molecule has 1 fully saturated rings. The van der Waals surface area contributed by atoms with Crippen molar-refractivity contribution in [3.8, 4) is 0 Å². The topological polar surface area (TPSA) is 82.0 Å². The molecule has 1 saturated heterocycles. The number of amides is 1. The normalized spacial score (nSPS) is 28.0. The second-order valence-electron chi connectivity index (χ2n) is 4.05. The van der Waals surface area contributed by atoms with E-state index < -0.39 is 12.2 Å². The van der Waals surface area contributed by atoms with Crippen LogP contribution in [0.1, 0.15) is 6.92 Å². The maximum atomic E-state index is 11.6. The van der Waals surface area contributed by atoms with Gasteiger partial charge in [-0.2, -0.15) is 0 Å². The minimum atomic E-state index is -0.755. The standard InChI is InChI=1S/C10H20N2O4/c1-7(10(15)11-3-4-16-2)12-5-8(13)9(14)6-12/h7-9,13-14H,3-6H2,1-2H3,(H,11,15). The van der Waals surface area contributed by atoms with Gasteiger partial charge in [0, 0.05) is 26.7 Å². The van der Waals surface area contributed by atoms with Crippen LogP contribution in [0.5, 0.6) is 0 Å². The van der Waals surface area contributed by atoms with Gasteiger partial charge in [-0.3, -0.25) is 9.69 Å². The Labute approximate surface area is 95.2 Å². The molecule has 3 unspecified atom stereocenters. The van der Waals surface area contributed by atoms with E-state index in [1.54, 1.807) is 18.9 Å². The summed E-state index contributed by atoms with van der Waals surface area (Å²) in [6, 6.07) is -0.344. The van der Waals surface area contributed by atoms with Gasteiger partial charge in [-0.05, 0) is 6.92 Å². The Morgan fingerprint density at radius 1 is 1.50 bits per heavy atom. The molecule has 3 atom stereocenters. The van der Waals surface area contributed by atoms with E-state index in [4.69, 9.17) is 4.74 Å². The van der Waals surface area contributed by atoms with Crippen molar-refractivity contribution in [2.45, 2.75) is 25.2 Å². The second kappa shape index (κ2) is 6.15. The smallest absolute Gasteiger partial charge is 0.237 e. The highest BCUT2D eigenvalue weighted by Crippen LogP contribution is 2.13. The van der Waals surface area contributed by atoms with E-state index in [0.717, 1.165) is 0 Å². The number of methoxy groups -OCH3 is 1. The summed E-state index contributed by atoms with van der Waals surface area (Å²) < 4.78 is 4.82. The fraction of sp³-hybridized carbons (Fsp3) is 0.900. The maximum Gasteiger partial charge on any atom is 0.237 e. The number of aliphatic hydroxyl groups excluding tert-OH is 2. The van der Waals surface area contributed by atoms with Gasteiger partial charge in [0.05, 0.1) is 24.9 Å². The van der Waals surface area contributed by atoms with Crippen LogP contribution in [0, 0.1) is 0 Å². The summed E-state index contributed by atoms with van der Waals surface area (Å²) in [6.07, 6.45) is -1.51. The van der Waals surface area contributed by atoms with Crippen LogP contribution in [0.4, 0.5) is 0 Å². The minimum Gasteiger partial charge on any atom is -0.389 e. The van der Waals surface area contributed by atoms with Crippen LogP contribution in [-0.2, 0) is 9.53 Å². The SMILES string of the molecule is COCCNC(=O)C(C)N1CC(O)C(O)C1. The number of hydrogen-bond acceptors (Lipinski definition) is 5. The van der Waals surface area contributed by atoms with Crippen molar-refractivity contribution < 1.29 is 19.7 Å². The molecule has 1 aliphatic heterocycles. The van der Waals surface area contributed by atoms with Gasteiger partial charge in [0.2, 0.25) is 5.91 Å². The van der Waals surface area contributed by atoms with Crippen molar-refractivity contribution in [1.82, 2.24) is 10.2 Å². The van der Waals surface area contributed by atoms with E-state index >= 15 is 0 Å². The number of rotatable bonds is 5. The van der Waals surface area contributed by atoms with Crippen molar-refractivity contribution in [3.05, 3.63) is 0 Å². The Kier molecular flexibility index (Phi) is 5.14. The van der Waals surface area contributed by atoms with Crippen molar-refractivity contribution >= 4 is 5.91 Å². The lowest BCUT2D eigenvalue weighted by molar-refractivity contribution is -0.125. The zero-order valence-electron chi connectivity index (χ0n) is 9.72. The summed E-state index contributed by atoms with van der Waals surface area (Å²) in [5, 5.41) is 21.5. The Bertz CT molecular complexity index is 227. The molecule has 0 aromatic carbocycles. The van der Waals surface area contributed by atoms with Crippen LogP contribution in [-0.4, -0.2) is 72.6 Å². The minimum absolute atomic E-state index is 0.113. The fourth-order valence-corrected chi connectivity index (χ4v) is 1.70. The number of aliphatic hydroxyl groups is 2. The Morgan fingerprint density at radius 3 is 2.56 bits per heavy atom. The molecule has 16 heavy (non-hydrogen) atoms. The second-order valence-corrected chi connectivity index (χ2v) is 4.05. The van der Waals surface area contributed by atoms with E-state index in [-0.39, 0.29) is 11.9 Å². The average Bonchev–Trinajstić information content (AvgIpc) is 2.58. The highest BCUT2D eigenvalue weighted by atomic mass is 16.5. The summed E-state index contributed by atoms with van der Waals surface area (Å²) in [5.74, 6) is -0.113. The first kappa shape index (κ1) is 13.4. The lowest BCUT2D eigenvalue weighted by Crippen LogP contribution is -2.45. The molecule has 94 valence electrons. The molecule has 0 radical (unpaired) electrons. The fourth-order valence-electron chi connectivity index (χ4n) is 1.70. The molecule has 0 bridgehead atoms. The quantitative estimate of drug-likeness (QED) is 0.486. The zero-order valence-corrected chi connectivity index (χ0v) is 9.72. The number of likely N-dealkylation sites (tertiary alicyclic amines) is 1. The first-order valence-corrected chi connectivity index (χ1v) is 5.43. The molecule has 0 aromatic rings. The molecular formula is C10H20N2O4. The molecule has 6 nitrogen and oxygen atoms in total. The molecular weight excluding hydrogens is 212 g/mol. The average molecular weight is 232 g/mol. The molecule has 0 saturated carbocycles. The van der Waals surface area contributed by atoms with Crippen LogP contribution in [0.25, 0.3) is 0 Å². The van der Waals surface area contributed by atoms with Gasteiger partial charge in [0.25, 0.3) is 0 Å². The van der Waals surface area contributed by atoms with E-state index in [2.05, 4.69) is 5.32 Å². The molecule has 0 aromatic heterocycles. The van der Waals surface area contributed by atoms with Crippen LogP contribution in [0.15, 0.2) is 0 Å². The number of hydrogen-bond donors (Lipinski definition) is 3. The molecule has 3 N–H and O–H groups in total. The number of nitrogens with zero attached hydrogens (tertiary/aromatic N) is 1. The van der Waals surface area contributed by atoms with Crippen LogP contribution < -0.4 is 5.32 Å². The number of carbonyl (C=O) groups is 1. The summed E-state index contributed by atoms with van der Waals surface area (Å²) in [6.45, 7) is 3.37. The third-order valence-electron chi connectivity index (χ3n) is 2.82. The third kappa shape index (κ3) is 3.41.